The van der Waals surface area contributed by atoms with E-state index in [0.29, 0.717) is 0 Å². The van der Waals surface area contributed by atoms with Crippen molar-refractivity contribution < 1.29 is 4.42 Å². The summed E-state index contributed by atoms with van der Waals surface area (Å²) in [6.45, 7) is 8.40. The summed E-state index contributed by atoms with van der Waals surface area (Å²) >= 11 is 1.76. The fourth-order valence-electron chi connectivity index (χ4n) is 1.73. The van der Waals surface area contributed by atoms with Gasteiger partial charge in [-0.15, -0.1) is 11.3 Å². The highest BCUT2D eigenvalue weighted by Gasteiger charge is 2.09. The number of aromatic nitrogens is 1. The average molecular weight is 264 g/mol. The average Bonchev–Trinajstić information content (AvgIpc) is 2.93. The zero-order valence-corrected chi connectivity index (χ0v) is 12.1. The molecule has 0 aliphatic heterocycles. The van der Waals surface area contributed by atoms with E-state index < -0.39 is 0 Å². The van der Waals surface area contributed by atoms with Crippen LogP contribution in [0, 0.1) is 13.8 Å². The van der Waals surface area contributed by atoms with E-state index in [-0.39, 0.29) is 0 Å². The molecular weight excluding hydrogens is 244 g/mol. The molecule has 0 radical (unpaired) electrons. The molecule has 0 bridgehead atoms. The summed E-state index contributed by atoms with van der Waals surface area (Å²) in [5, 5.41) is 3.35. The number of nitrogens with zero attached hydrogens (tertiary/aromatic N) is 1. The Bertz CT molecular complexity index is 482. The fraction of sp³-hybridized carbons (Fsp3) is 0.500. The van der Waals surface area contributed by atoms with Crippen molar-refractivity contribution in [1.82, 2.24) is 10.3 Å². The molecule has 0 atom stereocenters. The summed E-state index contributed by atoms with van der Waals surface area (Å²) in [5.74, 6) is 1.71. The molecule has 3 nitrogen and oxygen atoms in total. The summed E-state index contributed by atoms with van der Waals surface area (Å²) in [6.07, 6.45) is 3.84. The van der Waals surface area contributed by atoms with E-state index in [0.717, 1.165) is 37.6 Å². The van der Waals surface area contributed by atoms with E-state index in [2.05, 4.69) is 37.1 Å². The van der Waals surface area contributed by atoms with E-state index >= 15 is 0 Å². The number of aryl methyl sites for hydroxylation is 2. The second-order valence-electron chi connectivity index (χ2n) is 4.47. The van der Waals surface area contributed by atoms with Crippen molar-refractivity contribution in [2.24, 2.45) is 0 Å². The van der Waals surface area contributed by atoms with Gasteiger partial charge in [0.15, 0.2) is 11.7 Å². The Morgan fingerprint density at radius 3 is 2.83 bits per heavy atom. The molecular formula is C14H20N2OS. The van der Waals surface area contributed by atoms with Gasteiger partial charge in [-0.3, -0.25) is 0 Å². The molecule has 2 heterocycles. The van der Waals surface area contributed by atoms with Gasteiger partial charge in [0.2, 0.25) is 0 Å². The van der Waals surface area contributed by atoms with Crippen molar-refractivity contribution in [3.05, 3.63) is 28.6 Å². The minimum atomic E-state index is 0.817. The smallest absolute Gasteiger partial charge is 0.196 e. The fourth-order valence-corrected chi connectivity index (χ4v) is 2.71. The second kappa shape index (κ2) is 6.16. The molecule has 0 aliphatic carbocycles. The van der Waals surface area contributed by atoms with Gasteiger partial charge in [0.25, 0.3) is 0 Å². The van der Waals surface area contributed by atoms with Crippen LogP contribution in [0.2, 0.25) is 0 Å². The third kappa shape index (κ3) is 3.21. The first kappa shape index (κ1) is 13.3. The zero-order chi connectivity index (χ0) is 13.0. The van der Waals surface area contributed by atoms with Gasteiger partial charge < -0.3 is 9.73 Å². The molecule has 98 valence electrons. The number of thiophene rings is 1. The van der Waals surface area contributed by atoms with Crippen molar-refractivity contribution >= 4 is 11.3 Å². The van der Waals surface area contributed by atoms with E-state index in [4.69, 9.17) is 4.42 Å². The van der Waals surface area contributed by atoms with Gasteiger partial charge in [0.05, 0.1) is 11.1 Å². The van der Waals surface area contributed by atoms with Gasteiger partial charge in [0, 0.05) is 17.8 Å². The lowest BCUT2D eigenvalue weighted by molar-refractivity contribution is 0.495. The van der Waals surface area contributed by atoms with Gasteiger partial charge in [0.1, 0.15) is 0 Å². The molecule has 0 spiro atoms. The topological polar surface area (TPSA) is 38.1 Å². The molecule has 4 heteroatoms. The normalized spacial score (nSPS) is 11.1. The highest BCUT2D eigenvalue weighted by atomic mass is 32.1. The number of rotatable bonds is 6. The van der Waals surface area contributed by atoms with Gasteiger partial charge in [-0.25, -0.2) is 4.98 Å². The van der Waals surface area contributed by atoms with Crippen molar-refractivity contribution in [1.29, 1.82) is 0 Å². The molecule has 0 aromatic carbocycles. The van der Waals surface area contributed by atoms with Gasteiger partial charge in [-0.2, -0.15) is 0 Å². The van der Waals surface area contributed by atoms with Crippen LogP contribution in [0.3, 0.4) is 0 Å². The number of hydrogen-bond donors (Lipinski definition) is 1. The molecule has 1 N–H and O–H groups in total. The Morgan fingerprint density at radius 1 is 1.33 bits per heavy atom. The first-order chi connectivity index (χ1) is 8.70. The van der Waals surface area contributed by atoms with E-state index in [1.165, 1.54) is 15.3 Å². The lowest BCUT2D eigenvalue weighted by atomic mass is 10.3. The molecule has 0 amide bonds. The molecule has 18 heavy (non-hydrogen) atoms. The Hall–Kier alpha value is -1.13. The second-order valence-corrected chi connectivity index (χ2v) is 5.72. The zero-order valence-electron chi connectivity index (χ0n) is 11.2. The molecule has 0 aliphatic rings. The van der Waals surface area contributed by atoms with E-state index in [1.54, 1.807) is 11.3 Å². The maximum Gasteiger partial charge on any atom is 0.196 e. The Labute approximate surface area is 112 Å². The highest BCUT2D eigenvalue weighted by Crippen LogP contribution is 2.30. The van der Waals surface area contributed by atoms with Crippen molar-refractivity contribution in [3.8, 4) is 10.6 Å². The molecule has 0 unspecified atom stereocenters. The van der Waals surface area contributed by atoms with Crippen LogP contribution in [0.1, 0.15) is 29.7 Å². The lowest BCUT2D eigenvalue weighted by Gasteiger charge is -1.98. The van der Waals surface area contributed by atoms with Crippen molar-refractivity contribution in [2.45, 2.75) is 33.6 Å². The van der Waals surface area contributed by atoms with Crippen LogP contribution in [0.5, 0.6) is 0 Å². The number of nitrogens with one attached hydrogen (secondary N) is 1. The summed E-state index contributed by atoms with van der Waals surface area (Å²) in [4.78, 5) is 6.84. The molecule has 0 saturated carbocycles. The van der Waals surface area contributed by atoms with Crippen LogP contribution >= 0.6 is 11.3 Å². The van der Waals surface area contributed by atoms with Crippen LogP contribution in [0.15, 0.2) is 16.7 Å². The minimum Gasteiger partial charge on any atom is -0.440 e. The Balaban J connectivity index is 1.97. The SMILES string of the molecule is CCCNCCc1ncc(-c2cc(C)c(C)s2)o1. The summed E-state index contributed by atoms with van der Waals surface area (Å²) in [6, 6.07) is 2.17. The van der Waals surface area contributed by atoms with Crippen LogP contribution in [0.4, 0.5) is 0 Å². The van der Waals surface area contributed by atoms with Crippen LogP contribution < -0.4 is 5.32 Å². The first-order valence-corrected chi connectivity index (χ1v) is 7.25. The van der Waals surface area contributed by atoms with Crippen molar-refractivity contribution in [3.63, 3.8) is 0 Å². The molecule has 0 saturated heterocycles. The summed E-state index contributed by atoms with van der Waals surface area (Å²) in [5.41, 5.74) is 1.32. The van der Waals surface area contributed by atoms with E-state index in [1.807, 2.05) is 6.20 Å². The van der Waals surface area contributed by atoms with Gasteiger partial charge in [-0.1, -0.05) is 6.92 Å². The summed E-state index contributed by atoms with van der Waals surface area (Å²) < 4.78 is 5.78. The first-order valence-electron chi connectivity index (χ1n) is 6.43. The predicted octanol–water partition coefficient (Wildman–Crippen LogP) is 3.56. The number of oxazole rings is 1. The quantitative estimate of drug-likeness (QED) is 0.811. The minimum absolute atomic E-state index is 0.817. The molecule has 0 fully saturated rings. The predicted molar refractivity (Wildman–Crippen MR) is 76.2 cm³/mol. The third-order valence-corrected chi connectivity index (χ3v) is 4.07. The van der Waals surface area contributed by atoms with Gasteiger partial charge in [-0.05, 0) is 38.4 Å². The molecule has 2 rings (SSSR count). The standard InChI is InChI=1S/C14H20N2OS/c1-4-6-15-7-5-14-16-9-12(17-14)13-8-10(2)11(3)18-13/h8-9,15H,4-7H2,1-3H3. The van der Waals surface area contributed by atoms with E-state index in [9.17, 15) is 0 Å². The highest BCUT2D eigenvalue weighted by molar-refractivity contribution is 7.15. The monoisotopic (exact) mass is 264 g/mol. The Kier molecular flexibility index (Phi) is 4.55. The number of hydrogen-bond acceptors (Lipinski definition) is 4. The molecule has 2 aromatic heterocycles. The largest absolute Gasteiger partial charge is 0.440 e. The maximum atomic E-state index is 5.78. The van der Waals surface area contributed by atoms with Crippen molar-refractivity contribution in [2.75, 3.05) is 13.1 Å². The molecule has 2 aromatic rings. The lowest BCUT2D eigenvalue weighted by Crippen LogP contribution is -2.17. The third-order valence-electron chi connectivity index (χ3n) is 2.90. The van der Waals surface area contributed by atoms with Crippen LogP contribution in [-0.4, -0.2) is 18.1 Å². The van der Waals surface area contributed by atoms with Crippen LogP contribution in [0.25, 0.3) is 10.6 Å². The maximum absolute atomic E-state index is 5.78. The van der Waals surface area contributed by atoms with Gasteiger partial charge >= 0.3 is 0 Å². The van der Waals surface area contributed by atoms with Crippen LogP contribution in [-0.2, 0) is 6.42 Å². The Morgan fingerprint density at radius 2 is 2.17 bits per heavy atom. The summed E-state index contributed by atoms with van der Waals surface area (Å²) in [7, 11) is 0.